The number of benzene rings is 2. The maximum atomic E-state index is 11.4. The number of carboxylic acid groups (broad SMARTS) is 1. The van der Waals surface area contributed by atoms with Gasteiger partial charge in [-0.25, -0.2) is 4.79 Å². The van der Waals surface area contributed by atoms with Crippen molar-refractivity contribution in [1.29, 1.82) is 0 Å². The van der Waals surface area contributed by atoms with Crippen LogP contribution in [0.3, 0.4) is 0 Å². The molecule has 5 nitrogen and oxygen atoms in total. The number of carbonyl (C=O) groups is 1. The normalized spacial score (nSPS) is 15.6. The molecule has 5 heteroatoms. The lowest BCUT2D eigenvalue weighted by Gasteiger charge is -2.31. The summed E-state index contributed by atoms with van der Waals surface area (Å²) < 4.78 is 11.3. The van der Waals surface area contributed by atoms with Crippen LogP contribution in [0.1, 0.15) is 37.3 Å². The highest BCUT2D eigenvalue weighted by atomic mass is 16.5. The van der Waals surface area contributed by atoms with E-state index < -0.39 is 12.1 Å². The second kappa shape index (κ2) is 9.60. The van der Waals surface area contributed by atoms with Gasteiger partial charge < -0.3 is 19.5 Å². The van der Waals surface area contributed by atoms with Gasteiger partial charge in [0.15, 0.2) is 6.10 Å². The molecule has 2 aromatic carbocycles. The van der Waals surface area contributed by atoms with Crippen LogP contribution < -0.4 is 9.64 Å². The van der Waals surface area contributed by atoms with Crippen molar-refractivity contribution < 1.29 is 19.4 Å². The predicted molar refractivity (Wildman–Crippen MR) is 110 cm³/mol. The largest absolute Gasteiger partial charge is 0.492 e. The van der Waals surface area contributed by atoms with Crippen molar-refractivity contribution in [2.24, 2.45) is 0 Å². The van der Waals surface area contributed by atoms with E-state index in [1.54, 1.807) is 6.92 Å². The van der Waals surface area contributed by atoms with Crippen LogP contribution in [0.2, 0.25) is 0 Å². The molecule has 0 saturated carbocycles. The number of ether oxygens (including phenoxy) is 2. The Morgan fingerprint density at radius 2 is 1.93 bits per heavy atom. The van der Waals surface area contributed by atoms with E-state index in [0.717, 1.165) is 30.8 Å². The van der Waals surface area contributed by atoms with E-state index in [-0.39, 0.29) is 5.92 Å². The summed E-state index contributed by atoms with van der Waals surface area (Å²) >= 11 is 0. The highest BCUT2D eigenvalue weighted by Crippen LogP contribution is 2.27. The molecule has 150 valence electrons. The molecule has 0 aromatic heterocycles. The summed E-state index contributed by atoms with van der Waals surface area (Å²) in [6.45, 7) is 6.58. The Bertz CT molecular complexity index is 774. The van der Waals surface area contributed by atoms with Crippen LogP contribution in [0.5, 0.6) is 5.75 Å². The monoisotopic (exact) mass is 383 g/mol. The minimum Gasteiger partial charge on any atom is -0.492 e. The van der Waals surface area contributed by atoms with E-state index in [1.807, 2.05) is 31.2 Å². The molecule has 1 aliphatic rings. The third kappa shape index (κ3) is 4.84. The number of aliphatic carboxylic acids is 1. The van der Waals surface area contributed by atoms with Crippen molar-refractivity contribution in [3.8, 4) is 5.75 Å². The number of nitrogens with zero attached hydrogens (tertiary/aromatic N) is 1. The van der Waals surface area contributed by atoms with Gasteiger partial charge in [-0.3, -0.25) is 0 Å². The number of para-hydroxylation sites is 1. The van der Waals surface area contributed by atoms with Crippen LogP contribution in [-0.4, -0.2) is 43.5 Å². The Kier molecular flexibility index (Phi) is 6.93. The molecule has 0 amide bonds. The third-order valence-electron chi connectivity index (χ3n) is 5.29. The lowest BCUT2D eigenvalue weighted by Crippen LogP contribution is -2.33. The van der Waals surface area contributed by atoms with Gasteiger partial charge in [0.25, 0.3) is 0 Å². The van der Waals surface area contributed by atoms with Crippen LogP contribution >= 0.6 is 0 Å². The van der Waals surface area contributed by atoms with Gasteiger partial charge in [0, 0.05) is 24.8 Å². The van der Waals surface area contributed by atoms with Crippen molar-refractivity contribution >= 4 is 11.7 Å². The third-order valence-corrected chi connectivity index (χ3v) is 5.29. The molecule has 0 spiro atoms. The second-order valence-electron chi connectivity index (χ2n) is 7.14. The summed E-state index contributed by atoms with van der Waals surface area (Å²) in [5.41, 5.74) is 3.66. The SMILES string of the molecule is CCOC(C(=O)O)C(C)c1ccc(OCCN2CCCc3ccccc32)cc1. The van der Waals surface area contributed by atoms with Crippen molar-refractivity contribution in [2.75, 3.05) is 31.2 Å². The topological polar surface area (TPSA) is 59.0 Å². The minimum atomic E-state index is -0.934. The minimum absolute atomic E-state index is 0.226. The number of rotatable bonds is 9. The molecule has 1 heterocycles. The number of aryl methyl sites for hydroxylation is 1. The molecule has 3 rings (SSSR count). The summed E-state index contributed by atoms with van der Waals surface area (Å²) in [6.07, 6.45) is 1.48. The fourth-order valence-corrected chi connectivity index (χ4v) is 3.77. The Morgan fingerprint density at radius 3 is 2.64 bits per heavy atom. The van der Waals surface area contributed by atoms with Gasteiger partial charge in [-0.2, -0.15) is 0 Å². The van der Waals surface area contributed by atoms with Crippen molar-refractivity contribution in [1.82, 2.24) is 0 Å². The average Bonchev–Trinajstić information content (AvgIpc) is 2.72. The van der Waals surface area contributed by atoms with E-state index in [0.29, 0.717) is 13.2 Å². The fourth-order valence-electron chi connectivity index (χ4n) is 3.77. The number of anilines is 1. The molecular formula is C23H29NO4. The number of hydrogen-bond acceptors (Lipinski definition) is 4. The quantitative estimate of drug-likeness (QED) is 0.706. The predicted octanol–water partition coefficient (Wildman–Crippen LogP) is 4.11. The van der Waals surface area contributed by atoms with E-state index in [1.165, 1.54) is 17.7 Å². The molecule has 2 unspecified atom stereocenters. The van der Waals surface area contributed by atoms with Gasteiger partial charge in [0.2, 0.25) is 0 Å². The van der Waals surface area contributed by atoms with Crippen LogP contribution in [0.4, 0.5) is 5.69 Å². The van der Waals surface area contributed by atoms with Crippen molar-refractivity contribution in [3.05, 3.63) is 59.7 Å². The van der Waals surface area contributed by atoms with Gasteiger partial charge >= 0.3 is 5.97 Å². The van der Waals surface area contributed by atoms with Gasteiger partial charge in [0.1, 0.15) is 12.4 Å². The highest BCUT2D eigenvalue weighted by Gasteiger charge is 2.26. The summed E-state index contributed by atoms with van der Waals surface area (Å²) in [7, 11) is 0. The summed E-state index contributed by atoms with van der Waals surface area (Å²) in [4.78, 5) is 13.8. The zero-order valence-corrected chi connectivity index (χ0v) is 16.6. The van der Waals surface area contributed by atoms with Crippen LogP contribution in [0, 0.1) is 0 Å². The lowest BCUT2D eigenvalue weighted by atomic mass is 9.95. The first kappa shape index (κ1) is 20.2. The van der Waals surface area contributed by atoms with Crippen LogP contribution in [0.25, 0.3) is 0 Å². The summed E-state index contributed by atoms with van der Waals surface area (Å²) in [5.74, 6) is -0.364. The Morgan fingerprint density at radius 1 is 1.18 bits per heavy atom. The van der Waals surface area contributed by atoms with Gasteiger partial charge in [-0.05, 0) is 49.1 Å². The van der Waals surface area contributed by atoms with Gasteiger partial charge in [-0.15, -0.1) is 0 Å². The molecule has 0 aliphatic carbocycles. The Labute approximate surface area is 166 Å². The molecule has 28 heavy (non-hydrogen) atoms. The molecule has 1 aliphatic heterocycles. The summed E-state index contributed by atoms with van der Waals surface area (Å²) in [5, 5.41) is 9.35. The smallest absolute Gasteiger partial charge is 0.333 e. The molecule has 2 aromatic rings. The van der Waals surface area contributed by atoms with E-state index in [2.05, 4.69) is 29.2 Å². The van der Waals surface area contributed by atoms with E-state index in [4.69, 9.17) is 9.47 Å². The molecule has 0 saturated heterocycles. The van der Waals surface area contributed by atoms with Crippen molar-refractivity contribution in [2.45, 2.75) is 38.7 Å². The maximum Gasteiger partial charge on any atom is 0.333 e. The first-order chi connectivity index (χ1) is 13.6. The maximum absolute atomic E-state index is 11.4. The molecule has 2 atom stereocenters. The van der Waals surface area contributed by atoms with E-state index >= 15 is 0 Å². The Balaban J connectivity index is 1.55. The van der Waals surface area contributed by atoms with Crippen LogP contribution in [-0.2, 0) is 16.0 Å². The lowest BCUT2D eigenvalue weighted by molar-refractivity contribution is -0.151. The van der Waals surface area contributed by atoms with E-state index in [9.17, 15) is 9.90 Å². The molecule has 1 N–H and O–H groups in total. The number of fused-ring (bicyclic) bond motifs is 1. The van der Waals surface area contributed by atoms with Gasteiger partial charge in [-0.1, -0.05) is 37.3 Å². The van der Waals surface area contributed by atoms with Gasteiger partial charge in [0.05, 0.1) is 6.54 Å². The second-order valence-corrected chi connectivity index (χ2v) is 7.14. The van der Waals surface area contributed by atoms with Crippen LogP contribution in [0.15, 0.2) is 48.5 Å². The first-order valence-corrected chi connectivity index (χ1v) is 10.00. The molecule has 0 bridgehead atoms. The average molecular weight is 383 g/mol. The number of carboxylic acids is 1. The molecule has 0 radical (unpaired) electrons. The standard InChI is InChI=1S/C23H29NO4/c1-3-27-22(23(25)26)17(2)18-10-12-20(13-11-18)28-16-15-24-14-6-8-19-7-4-5-9-21(19)24/h4-5,7,9-13,17,22H,3,6,8,14-16H2,1-2H3,(H,25,26). The zero-order chi connectivity index (χ0) is 19.9. The van der Waals surface area contributed by atoms with Crippen molar-refractivity contribution in [3.63, 3.8) is 0 Å². The molecule has 0 fully saturated rings. The molecular weight excluding hydrogens is 354 g/mol. The fraction of sp³-hybridized carbons (Fsp3) is 0.435. The zero-order valence-electron chi connectivity index (χ0n) is 16.6. The summed E-state index contributed by atoms with van der Waals surface area (Å²) in [6, 6.07) is 16.2. The number of hydrogen-bond donors (Lipinski definition) is 1. The highest BCUT2D eigenvalue weighted by molar-refractivity contribution is 5.73. The first-order valence-electron chi connectivity index (χ1n) is 10.00. The Hall–Kier alpha value is -2.53.